The highest BCUT2D eigenvalue weighted by Crippen LogP contribution is 2.34. The SMILES string of the molecule is O=C(CCCC1CCC(n2c(=O)c3cc(F)cnc3n(-c3cccc(-c4ccc(CN5CCC(N6CCCCC6)CC5)cc4)c3)c2=O)CC1)c1cn2c(n1)CCCC2. The van der Waals surface area contributed by atoms with E-state index in [9.17, 15) is 18.8 Å². The summed E-state index contributed by atoms with van der Waals surface area (Å²) in [6, 6.07) is 18.1. The van der Waals surface area contributed by atoms with Gasteiger partial charge in [-0.15, -0.1) is 0 Å². The highest BCUT2D eigenvalue weighted by Gasteiger charge is 2.29. The van der Waals surface area contributed by atoms with Crippen LogP contribution in [0.2, 0.25) is 0 Å². The van der Waals surface area contributed by atoms with Crippen LogP contribution in [0.4, 0.5) is 4.39 Å². The van der Waals surface area contributed by atoms with Crippen molar-refractivity contribution in [2.75, 3.05) is 26.2 Å². The van der Waals surface area contributed by atoms with E-state index in [1.54, 1.807) is 0 Å². The molecule has 0 amide bonds. The molecule has 2 aromatic carbocycles. The van der Waals surface area contributed by atoms with Gasteiger partial charge in [0.1, 0.15) is 17.3 Å². The zero-order valence-corrected chi connectivity index (χ0v) is 33.7. The molecule has 0 N–H and O–H groups in total. The first kappa shape index (κ1) is 38.8. The fourth-order valence-electron chi connectivity index (χ4n) is 10.3. The molecule has 9 rings (SSSR count). The summed E-state index contributed by atoms with van der Waals surface area (Å²) in [5, 5.41) is 0.0934. The van der Waals surface area contributed by atoms with Crippen LogP contribution in [0.5, 0.6) is 0 Å². The number of aromatic nitrogens is 5. The van der Waals surface area contributed by atoms with Crippen LogP contribution in [0.25, 0.3) is 27.8 Å². The number of fused-ring (bicyclic) bond motifs is 2. The summed E-state index contributed by atoms with van der Waals surface area (Å²) in [5.41, 5.74) is 3.63. The Morgan fingerprint density at radius 1 is 0.793 bits per heavy atom. The molecule has 0 radical (unpaired) electrons. The molecule has 4 aliphatic rings. The third-order valence-corrected chi connectivity index (χ3v) is 13.5. The number of nitrogens with zero attached hydrogens (tertiary/aromatic N) is 7. The number of pyridine rings is 1. The van der Waals surface area contributed by atoms with Gasteiger partial charge in [-0.3, -0.25) is 19.1 Å². The van der Waals surface area contributed by atoms with Crippen molar-refractivity contribution in [3.8, 4) is 16.8 Å². The molecule has 5 aromatic rings. The third kappa shape index (κ3) is 8.25. The number of Topliss-reactive ketones (excluding diaryl/α,β-unsaturated/α-hetero) is 1. The highest BCUT2D eigenvalue weighted by atomic mass is 19.1. The van der Waals surface area contributed by atoms with Gasteiger partial charge in [-0.2, -0.15) is 0 Å². The van der Waals surface area contributed by atoms with Crippen LogP contribution < -0.4 is 11.2 Å². The van der Waals surface area contributed by atoms with Gasteiger partial charge in [0.2, 0.25) is 0 Å². The molecule has 6 heterocycles. The Bertz CT molecular complexity index is 2340. The standard InChI is InChI=1S/C47H56FN7O3/c48-37-29-41-45(49-30-37)54(40-10-7-9-36(28-40)35-17-13-34(14-18-35)31-51-26-21-38(22-27-51)52-23-3-1-4-24-52)47(58)55(46(41)57)39-19-15-33(16-20-39)8-6-11-43(56)42-32-53-25-5-2-12-44(53)50-42/h7,9-10,13-14,17-18,28-30,32-33,38-39H,1-6,8,11-12,15-16,19-27,31H2. The molecule has 2 saturated heterocycles. The minimum Gasteiger partial charge on any atom is -0.334 e. The van der Waals surface area contributed by atoms with Crippen molar-refractivity contribution in [3.05, 3.63) is 111 Å². The van der Waals surface area contributed by atoms with E-state index in [0.717, 1.165) is 100 Å². The lowest BCUT2D eigenvalue weighted by atomic mass is 9.83. The maximum atomic E-state index is 14.6. The van der Waals surface area contributed by atoms with Gasteiger partial charge in [-0.1, -0.05) is 49.2 Å². The number of imidazole rings is 1. The number of hydrogen-bond donors (Lipinski definition) is 0. The molecule has 0 atom stereocenters. The molecule has 10 nitrogen and oxygen atoms in total. The number of benzene rings is 2. The fraction of sp³-hybridized carbons (Fsp3) is 0.511. The molecule has 3 aliphatic heterocycles. The second kappa shape index (κ2) is 17.2. The van der Waals surface area contributed by atoms with Crippen molar-refractivity contribution in [1.29, 1.82) is 0 Å². The Hall–Kier alpha value is -4.74. The summed E-state index contributed by atoms with van der Waals surface area (Å²) in [4.78, 5) is 55.6. The van der Waals surface area contributed by atoms with E-state index in [0.29, 0.717) is 36.6 Å². The number of carbonyl (C=O) groups is 1. The summed E-state index contributed by atoms with van der Waals surface area (Å²) in [5.74, 6) is 0.929. The van der Waals surface area contributed by atoms with E-state index in [-0.39, 0.29) is 22.9 Å². The Kier molecular flexibility index (Phi) is 11.5. The van der Waals surface area contributed by atoms with E-state index in [4.69, 9.17) is 0 Å². The minimum atomic E-state index is -0.615. The average Bonchev–Trinajstić information content (AvgIpc) is 3.70. The first-order chi connectivity index (χ1) is 28.4. The average molecular weight is 786 g/mol. The van der Waals surface area contributed by atoms with Crippen molar-refractivity contribution < 1.29 is 9.18 Å². The predicted octanol–water partition coefficient (Wildman–Crippen LogP) is 8.12. The molecule has 1 aliphatic carbocycles. The van der Waals surface area contributed by atoms with Gasteiger partial charge in [-0.25, -0.2) is 23.7 Å². The molecule has 0 spiro atoms. The van der Waals surface area contributed by atoms with Gasteiger partial charge in [0.15, 0.2) is 11.4 Å². The Morgan fingerprint density at radius 2 is 1.57 bits per heavy atom. The van der Waals surface area contributed by atoms with E-state index < -0.39 is 17.1 Å². The molecule has 0 bridgehead atoms. The maximum Gasteiger partial charge on any atom is 0.337 e. The molecule has 3 aromatic heterocycles. The van der Waals surface area contributed by atoms with Crippen molar-refractivity contribution in [3.63, 3.8) is 0 Å². The molecule has 304 valence electrons. The number of rotatable bonds is 11. The first-order valence-electron chi connectivity index (χ1n) is 22.0. The van der Waals surface area contributed by atoms with Crippen LogP contribution in [0, 0.1) is 11.7 Å². The topological polar surface area (TPSA) is 98.3 Å². The van der Waals surface area contributed by atoms with Crippen LogP contribution in [0.3, 0.4) is 0 Å². The Labute approximate surface area is 339 Å². The van der Waals surface area contributed by atoms with Crippen LogP contribution in [0.15, 0.2) is 76.6 Å². The lowest BCUT2D eigenvalue weighted by Gasteiger charge is -2.40. The lowest BCUT2D eigenvalue weighted by molar-refractivity contribution is 0.0896. The van der Waals surface area contributed by atoms with Gasteiger partial charge in [0.25, 0.3) is 5.56 Å². The molecule has 1 saturated carbocycles. The largest absolute Gasteiger partial charge is 0.337 e. The molecular formula is C47H56FN7O3. The predicted molar refractivity (Wildman–Crippen MR) is 225 cm³/mol. The van der Waals surface area contributed by atoms with E-state index in [2.05, 4.69) is 48.6 Å². The maximum absolute atomic E-state index is 14.6. The van der Waals surface area contributed by atoms with Crippen LogP contribution in [0.1, 0.15) is 118 Å². The first-order valence-corrected chi connectivity index (χ1v) is 22.0. The summed E-state index contributed by atoms with van der Waals surface area (Å²) >= 11 is 0. The fourth-order valence-corrected chi connectivity index (χ4v) is 10.3. The number of aryl methyl sites for hydroxylation is 2. The Balaban J connectivity index is 0.875. The monoisotopic (exact) mass is 785 g/mol. The molecule has 3 fully saturated rings. The van der Waals surface area contributed by atoms with Crippen LogP contribution >= 0.6 is 0 Å². The van der Waals surface area contributed by atoms with Gasteiger partial charge >= 0.3 is 5.69 Å². The molecular weight excluding hydrogens is 730 g/mol. The van der Waals surface area contributed by atoms with E-state index in [1.165, 1.54) is 66.0 Å². The summed E-state index contributed by atoms with van der Waals surface area (Å²) < 4.78 is 19.6. The number of ketones is 1. The van der Waals surface area contributed by atoms with Crippen molar-refractivity contribution in [2.45, 2.75) is 121 Å². The number of halogens is 1. The van der Waals surface area contributed by atoms with Crippen LogP contribution in [-0.4, -0.2) is 71.5 Å². The normalized spacial score (nSPS) is 21.0. The van der Waals surface area contributed by atoms with Crippen molar-refractivity contribution in [1.82, 2.24) is 33.5 Å². The quantitative estimate of drug-likeness (QED) is 0.125. The van der Waals surface area contributed by atoms with E-state index in [1.807, 2.05) is 30.5 Å². The van der Waals surface area contributed by atoms with Crippen molar-refractivity contribution >= 4 is 16.8 Å². The smallest absolute Gasteiger partial charge is 0.334 e. The highest BCUT2D eigenvalue weighted by molar-refractivity contribution is 5.94. The van der Waals surface area contributed by atoms with Gasteiger partial charge in [0, 0.05) is 44.2 Å². The summed E-state index contributed by atoms with van der Waals surface area (Å²) in [7, 11) is 0. The lowest BCUT2D eigenvalue weighted by Crippen LogP contribution is -2.46. The van der Waals surface area contributed by atoms with Gasteiger partial charge < -0.3 is 9.47 Å². The number of likely N-dealkylation sites (tertiary alicyclic amines) is 2. The zero-order valence-electron chi connectivity index (χ0n) is 33.7. The third-order valence-electron chi connectivity index (χ3n) is 13.5. The van der Waals surface area contributed by atoms with Crippen LogP contribution in [-0.2, 0) is 19.5 Å². The number of hydrogen-bond acceptors (Lipinski definition) is 7. The summed E-state index contributed by atoms with van der Waals surface area (Å²) in [6.45, 7) is 6.67. The molecule has 0 unspecified atom stereocenters. The minimum absolute atomic E-state index is 0.0934. The van der Waals surface area contributed by atoms with Gasteiger partial charge in [0.05, 0.1) is 17.3 Å². The second-order valence-corrected chi connectivity index (χ2v) is 17.4. The second-order valence-electron chi connectivity index (χ2n) is 17.4. The number of piperidine rings is 2. The zero-order chi connectivity index (χ0) is 39.6. The molecule has 58 heavy (non-hydrogen) atoms. The summed E-state index contributed by atoms with van der Waals surface area (Å²) in [6.07, 6.45) is 18.0. The molecule has 11 heteroatoms. The van der Waals surface area contributed by atoms with Crippen molar-refractivity contribution in [2.24, 2.45) is 5.92 Å². The number of carbonyl (C=O) groups excluding carboxylic acids is 1. The van der Waals surface area contributed by atoms with Gasteiger partial charge in [-0.05, 0) is 138 Å². The van der Waals surface area contributed by atoms with E-state index >= 15 is 0 Å². The Morgan fingerprint density at radius 3 is 2.34 bits per heavy atom.